The molecule has 1 aliphatic carbocycles. The number of hydrogen-bond acceptors (Lipinski definition) is 3. The normalized spacial score (nSPS) is 14.3. The molecular weight excluding hydrogens is 681 g/mol. The molecular formula is C53H42N2O. The van der Waals surface area contributed by atoms with Gasteiger partial charge < -0.3 is 10.2 Å². The van der Waals surface area contributed by atoms with Gasteiger partial charge in [0.2, 0.25) is 0 Å². The van der Waals surface area contributed by atoms with Gasteiger partial charge in [-0.15, -0.1) is 0 Å². The quantitative estimate of drug-likeness (QED) is 0.154. The zero-order chi connectivity index (χ0) is 37.8. The van der Waals surface area contributed by atoms with Crippen LogP contribution >= 0.6 is 0 Å². The molecule has 56 heavy (non-hydrogen) atoms. The number of nitrogens with one attached hydrogen (secondary N) is 1. The Hall–Kier alpha value is -6.52. The molecule has 0 fully saturated rings. The molecule has 0 amide bonds. The van der Waals surface area contributed by atoms with E-state index in [1.165, 1.54) is 44.2 Å². The van der Waals surface area contributed by atoms with Crippen LogP contribution in [0.15, 0.2) is 186 Å². The summed E-state index contributed by atoms with van der Waals surface area (Å²) in [6.45, 7) is 4.71. The first-order valence-electron chi connectivity index (χ1n) is 19.5. The van der Waals surface area contributed by atoms with E-state index in [9.17, 15) is 0 Å². The molecule has 3 nitrogen and oxygen atoms in total. The van der Waals surface area contributed by atoms with Gasteiger partial charge in [0.25, 0.3) is 0 Å². The van der Waals surface area contributed by atoms with E-state index < -0.39 is 0 Å². The molecule has 270 valence electrons. The summed E-state index contributed by atoms with van der Waals surface area (Å²) in [5.74, 6) is 0. The second-order valence-corrected chi connectivity index (χ2v) is 15.5. The molecule has 0 spiro atoms. The minimum absolute atomic E-state index is 0.0938. The monoisotopic (exact) mass is 722 g/mol. The zero-order valence-corrected chi connectivity index (χ0v) is 31.5. The predicted molar refractivity (Wildman–Crippen MR) is 234 cm³/mol. The van der Waals surface area contributed by atoms with Gasteiger partial charge in [-0.2, -0.15) is 0 Å². The van der Waals surface area contributed by atoms with E-state index in [4.69, 9.17) is 10.2 Å². The van der Waals surface area contributed by atoms with Gasteiger partial charge >= 0.3 is 0 Å². The minimum Gasteiger partial charge on any atom is -0.456 e. The van der Waals surface area contributed by atoms with Crippen LogP contribution in [0.25, 0.3) is 72.2 Å². The van der Waals surface area contributed by atoms with E-state index in [-0.39, 0.29) is 17.6 Å². The molecule has 1 heterocycles. The molecule has 1 aliphatic rings. The highest BCUT2D eigenvalue weighted by molar-refractivity contribution is 6.12. The van der Waals surface area contributed by atoms with Gasteiger partial charge in [0.15, 0.2) is 0 Å². The third-order valence-corrected chi connectivity index (χ3v) is 11.7. The summed E-state index contributed by atoms with van der Waals surface area (Å²) in [4.78, 5) is 0. The van der Waals surface area contributed by atoms with Gasteiger partial charge in [-0.05, 0) is 108 Å². The third kappa shape index (κ3) is 5.84. The van der Waals surface area contributed by atoms with Crippen LogP contribution in [0.4, 0.5) is 0 Å². The molecule has 2 unspecified atom stereocenters. The lowest BCUT2D eigenvalue weighted by molar-refractivity contribution is 0.509. The van der Waals surface area contributed by atoms with Crippen LogP contribution in [0.5, 0.6) is 0 Å². The summed E-state index contributed by atoms with van der Waals surface area (Å²) in [5.41, 5.74) is 22.0. The number of benzene rings is 8. The number of rotatable bonds is 8. The van der Waals surface area contributed by atoms with Crippen molar-refractivity contribution in [2.45, 2.75) is 31.5 Å². The van der Waals surface area contributed by atoms with E-state index in [1.54, 1.807) is 0 Å². The molecule has 10 rings (SSSR count). The Morgan fingerprint density at radius 2 is 1.21 bits per heavy atom. The van der Waals surface area contributed by atoms with Crippen molar-refractivity contribution in [3.8, 4) is 33.4 Å². The zero-order valence-electron chi connectivity index (χ0n) is 31.5. The topological polar surface area (TPSA) is 51.2 Å². The molecule has 0 radical (unpaired) electrons. The van der Waals surface area contributed by atoms with Gasteiger partial charge in [-0.25, -0.2) is 0 Å². The van der Waals surface area contributed by atoms with Crippen molar-refractivity contribution in [2.75, 3.05) is 0 Å². The van der Waals surface area contributed by atoms with E-state index >= 15 is 0 Å². The summed E-state index contributed by atoms with van der Waals surface area (Å²) in [6, 6.07) is 62.6. The Balaban J connectivity index is 1.04. The number of para-hydroxylation sites is 1. The number of hydrogen-bond donors (Lipinski definition) is 2. The summed E-state index contributed by atoms with van der Waals surface area (Å²) in [6.07, 6.45) is 4.10. The fourth-order valence-corrected chi connectivity index (χ4v) is 8.86. The van der Waals surface area contributed by atoms with Crippen molar-refractivity contribution in [2.24, 2.45) is 5.73 Å². The number of furan rings is 1. The van der Waals surface area contributed by atoms with Crippen molar-refractivity contribution in [3.63, 3.8) is 0 Å². The average molecular weight is 723 g/mol. The highest BCUT2D eigenvalue weighted by Gasteiger charge is 2.37. The van der Waals surface area contributed by atoms with Crippen molar-refractivity contribution in [1.82, 2.24) is 5.32 Å². The van der Waals surface area contributed by atoms with Crippen LogP contribution in [-0.2, 0) is 5.41 Å². The van der Waals surface area contributed by atoms with Gasteiger partial charge in [0, 0.05) is 16.2 Å². The van der Waals surface area contributed by atoms with E-state index in [2.05, 4.69) is 171 Å². The highest BCUT2D eigenvalue weighted by Crippen LogP contribution is 2.53. The lowest BCUT2D eigenvalue weighted by Gasteiger charge is -2.22. The maximum atomic E-state index is 6.86. The van der Waals surface area contributed by atoms with Crippen LogP contribution < -0.4 is 11.1 Å². The van der Waals surface area contributed by atoms with Crippen LogP contribution in [-0.4, -0.2) is 0 Å². The molecule has 0 saturated carbocycles. The first-order chi connectivity index (χ1) is 27.4. The highest BCUT2D eigenvalue weighted by atomic mass is 16.3. The summed E-state index contributed by atoms with van der Waals surface area (Å²) >= 11 is 0. The Labute approximate surface area is 327 Å². The average Bonchev–Trinajstić information content (AvgIpc) is 3.73. The Morgan fingerprint density at radius 3 is 2.07 bits per heavy atom. The Kier molecular flexibility index (Phi) is 8.29. The maximum absolute atomic E-state index is 6.86. The molecule has 1 aromatic heterocycles. The molecule has 0 aliphatic heterocycles. The minimum atomic E-state index is -0.367. The summed E-state index contributed by atoms with van der Waals surface area (Å²) in [7, 11) is 0. The second-order valence-electron chi connectivity index (χ2n) is 15.5. The third-order valence-electron chi connectivity index (χ3n) is 11.7. The predicted octanol–water partition coefficient (Wildman–Crippen LogP) is 13.4. The molecule has 9 aromatic rings. The molecule has 3 heteroatoms. The van der Waals surface area contributed by atoms with E-state index in [1.807, 2.05) is 36.4 Å². The number of nitrogens with two attached hydrogens (primary N) is 1. The van der Waals surface area contributed by atoms with Gasteiger partial charge in [-0.3, -0.25) is 5.32 Å². The van der Waals surface area contributed by atoms with Gasteiger partial charge in [-0.1, -0.05) is 166 Å². The van der Waals surface area contributed by atoms with Crippen molar-refractivity contribution in [3.05, 3.63) is 210 Å². The molecule has 0 saturated heterocycles. The van der Waals surface area contributed by atoms with Gasteiger partial charge in [0.1, 0.15) is 11.2 Å². The summed E-state index contributed by atoms with van der Waals surface area (Å²) in [5, 5.41) is 8.55. The Morgan fingerprint density at radius 1 is 0.554 bits per heavy atom. The maximum Gasteiger partial charge on any atom is 0.136 e. The van der Waals surface area contributed by atoms with Crippen molar-refractivity contribution in [1.29, 1.82) is 0 Å². The fourth-order valence-electron chi connectivity index (χ4n) is 8.86. The smallest absolute Gasteiger partial charge is 0.136 e. The van der Waals surface area contributed by atoms with Crippen molar-refractivity contribution < 1.29 is 4.42 Å². The number of fused-ring (bicyclic) bond motifs is 7. The molecule has 2 atom stereocenters. The van der Waals surface area contributed by atoms with Crippen LogP contribution in [0.1, 0.15) is 53.9 Å². The van der Waals surface area contributed by atoms with Crippen LogP contribution in [0.3, 0.4) is 0 Å². The lowest BCUT2D eigenvalue weighted by atomic mass is 9.81. The molecule has 3 N–H and O–H groups in total. The first-order valence-corrected chi connectivity index (χ1v) is 19.5. The first kappa shape index (κ1) is 34.0. The lowest BCUT2D eigenvalue weighted by Crippen LogP contribution is -2.31. The van der Waals surface area contributed by atoms with Crippen molar-refractivity contribution >= 4 is 38.8 Å². The van der Waals surface area contributed by atoms with Gasteiger partial charge in [0.05, 0.1) is 12.2 Å². The summed E-state index contributed by atoms with van der Waals surface area (Å²) < 4.78 is 6.25. The largest absolute Gasteiger partial charge is 0.456 e. The van der Waals surface area contributed by atoms with E-state index in [0.717, 1.165) is 49.8 Å². The van der Waals surface area contributed by atoms with E-state index in [0.29, 0.717) is 0 Å². The second kappa shape index (κ2) is 13.6. The van der Waals surface area contributed by atoms with Crippen LogP contribution in [0, 0.1) is 0 Å². The van der Waals surface area contributed by atoms with Crippen LogP contribution in [0.2, 0.25) is 0 Å². The SMILES string of the molecule is CC1(C)c2cc3ccccc3cc2-c2c(-c3cccc(/C=C/C(NC(N)c4ccccc4)c4cccc(-c5cccc6oc7ccccc7c56)c4)c3)cccc21. The fraction of sp³-hybridized carbons (Fsp3) is 0.0943. The molecule has 0 bridgehead atoms. The standard InChI is InChI=1S/C53H42N2O/c1-53(2)45-25-12-23-41(50(45)44-32-36-17-6-7-18-37(36)33-46(44)53)38-19-10-14-34(30-38)28-29-47(55-52(54)35-15-4-3-5-16-35)40-21-11-20-39(31-40)42-24-13-27-49-51(42)43-22-8-9-26-48(43)56-49/h3-33,47,52,55H,54H2,1-2H3/b29-28+. The molecule has 8 aromatic carbocycles. The Bertz CT molecular complexity index is 2950.